The Kier molecular flexibility index (Phi) is 7.32. The van der Waals surface area contributed by atoms with E-state index in [2.05, 4.69) is 5.32 Å². The summed E-state index contributed by atoms with van der Waals surface area (Å²) in [7, 11) is 0. The standard InChI is InChI=1S/C24H29ClN2O2/c1-17-7-3-4-8-20(17)15-23(28)27(16-19-11-13-21(25)14-12-19)18(2)24(29)26-22-9-5-6-10-22/h3-4,7-8,11-14,18,22H,5-6,9-10,15-16H2,1-2H3,(H,26,29)/t18-/m0/s1. The Morgan fingerprint density at radius 3 is 2.41 bits per heavy atom. The SMILES string of the molecule is Cc1ccccc1CC(=O)N(Cc1ccc(Cl)cc1)[C@@H](C)C(=O)NC1CCCC1. The molecule has 2 aromatic rings. The summed E-state index contributed by atoms with van der Waals surface area (Å²) in [5.74, 6) is -0.132. The summed E-state index contributed by atoms with van der Waals surface area (Å²) in [5, 5.41) is 3.78. The van der Waals surface area contributed by atoms with E-state index >= 15 is 0 Å². The molecule has 1 aliphatic rings. The maximum Gasteiger partial charge on any atom is 0.242 e. The minimum atomic E-state index is -0.539. The number of benzene rings is 2. The number of nitrogens with one attached hydrogen (secondary N) is 1. The molecule has 1 fully saturated rings. The van der Waals surface area contributed by atoms with Gasteiger partial charge in [0.2, 0.25) is 11.8 Å². The number of carbonyl (C=O) groups excluding carboxylic acids is 2. The molecule has 0 spiro atoms. The monoisotopic (exact) mass is 412 g/mol. The highest BCUT2D eigenvalue weighted by Gasteiger charge is 2.28. The summed E-state index contributed by atoms with van der Waals surface area (Å²) >= 11 is 6.00. The van der Waals surface area contributed by atoms with Crippen LogP contribution in [-0.4, -0.2) is 28.8 Å². The Hall–Kier alpha value is -2.33. The third-order valence-electron chi connectivity index (χ3n) is 5.74. The summed E-state index contributed by atoms with van der Waals surface area (Å²) in [6.07, 6.45) is 4.63. The molecule has 1 N–H and O–H groups in total. The number of aryl methyl sites for hydroxylation is 1. The van der Waals surface area contributed by atoms with Gasteiger partial charge in [-0.15, -0.1) is 0 Å². The lowest BCUT2D eigenvalue weighted by molar-refractivity contribution is -0.140. The second kappa shape index (κ2) is 9.93. The first-order valence-corrected chi connectivity index (χ1v) is 10.7. The molecule has 0 heterocycles. The minimum Gasteiger partial charge on any atom is -0.352 e. The third-order valence-corrected chi connectivity index (χ3v) is 5.99. The Morgan fingerprint density at radius 2 is 1.76 bits per heavy atom. The zero-order valence-electron chi connectivity index (χ0n) is 17.2. The lowest BCUT2D eigenvalue weighted by Crippen LogP contribution is -2.50. The van der Waals surface area contributed by atoms with Gasteiger partial charge < -0.3 is 10.2 Å². The van der Waals surface area contributed by atoms with Crippen LogP contribution in [0.3, 0.4) is 0 Å². The van der Waals surface area contributed by atoms with Gasteiger partial charge in [0.25, 0.3) is 0 Å². The first-order valence-electron chi connectivity index (χ1n) is 10.3. The van der Waals surface area contributed by atoms with Crippen LogP contribution in [0.15, 0.2) is 48.5 Å². The van der Waals surface area contributed by atoms with E-state index in [9.17, 15) is 9.59 Å². The van der Waals surface area contributed by atoms with Gasteiger partial charge in [0.05, 0.1) is 6.42 Å². The van der Waals surface area contributed by atoms with Gasteiger partial charge in [-0.2, -0.15) is 0 Å². The van der Waals surface area contributed by atoms with Crippen molar-refractivity contribution in [1.82, 2.24) is 10.2 Å². The van der Waals surface area contributed by atoms with Crippen LogP contribution in [0.1, 0.15) is 49.3 Å². The Labute approximate surface area is 178 Å². The average Bonchev–Trinajstić information content (AvgIpc) is 3.21. The van der Waals surface area contributed by atoms with Crippen LogP contribution in [0.25, 0.3) is 0 Å². The fraction of sp³-hybridized carbons (Fsp3) is 0.417. The first kappa shape index (κ1) is 21.4. The molecule has 1 saturated carbocycles. The molecular weight excluding hydrogens is 384 g/mol. The maximum absolute atomic E-state index is 13.2. The quantitative estimate of drug-likeness (QED) is 0.718. The Bertz CT molecular complexity index is 844. The van der Waals surface area contributed by atoms with Crippen molar-refractivity contribution in [1.29, 1.82) is 0 Å². The lowest BCUT2D eigenvalue weighted by Gasteiger charge is -2.30. The molecular formula is C24H29ClN2O2. The molecule has 2 amide bonds. The summed E-state index contributed by atoms with van der Waals surface area (Å²) in [4.78, 5) is 27.8. The van der Waals surface area contributed by atoms with Crippen molar-refractivity contribution in [2.45, 2.75) is 64.6 Å². The van der Waals surface area contributed by atoms with Crippen LogP contribution < -0.4 is 5.32 Å². The second-order valence-corrected chi connectivity index (χ2v) is 8.35. The zero-order valence-corrected chi connectivity index (χ0v) is 17.9. The zero-order chi connectivity index (χ0) is 20.8. The molecule has 4 nitrogen and oxygen atoms in total. The van der Waals surface area contributed by atoms with Crippen LogP contribution in [-0.2, 0) is 22.6 Å². The van der Waals surface area contributed by atoms with Gasteiger partial charge in [0.1, 0.15) is 6.04 Å². The molecule has 1 aliphatic carbocycles. The number of nitrogens with zero attached hydrogens (tertiary/aromatic N) is 1. The molecule has 1 atom stereocenters. The third kappa shape index (κ3) is 5.83. The van der Waals surface area contributed by atoms with E-state index in [1.54, 1.807) is 4.90 Å². The summed E-state index contributed by atoms with van der Waals surface area (Å²) < 4.78 is 0. The first-order chi connectivity index (χ1) is 13.9. The van der Waals surface area contributed by atoms with Crippen LogP contribution in [0, 0.1) is 6.92 Å². The van der Waals surface area contributed by atoms with Crippen molar-refractivity contribution in [2.75, 3.05) is 0 Å². The molecule has 2 aromatic carbocycles. The highest BCUT2D eigenvalue weighted by atomic mass is 35.5. The number of halogens is 1. The molecule has 0 radical (unpaired) electrons. The van der Waals surface area contributed by atoms with Crippen LogP contribution in [0.4, 0.5) is 0 Å². The van der Waals surface area contributed by atoms with Crippen LogP contribution in [0.5, 0.6) is 0 Å². The van der Waals surface area contributed by atoms with Crippen molar-refractivity contribution >= 4 is 23.4 Å². The maximum atomic E-state index is 13.2. The van der Waals surface area contributed by atoms with Crippen molar-refractivity contribution < 1.29 is 9.59 Å². The van der Waals surface area contributed by atoms with Crippen LogP contribution >= 0.6 is 11.6 Å². The largest absolute Gasteiger partial charge is 0.352 e. The van der Waals surface area contributed by atoms with Crippen molar-refractivity contribution in [3.63, 3.8) is 0 Å². The van der Waals surface area contributed by atoms with E-state index in [4.69, 9.17) is 11.6 Å². The molecule has 0 unspecified atom stereocenters. The molecule has 154 valence electrons. The molecule has 0 bridgehead atoms. The van der Waals surface area contributed by atoms with Gasteiger partial charge >= 0.3 is 0 Å². The fourth-order valence-electron chi connectivity index (χ4n) is 3.83. The second-order valence-electron chi connectivity index (χ2n) is 7.92. The summed E-state index contributed by atoms with van der Waals surface area (Å²) in [6, 6.07) is 15.0. The number of hydrogen-bond donors (Lipinski definition) is 1. The fourth-order valence-corrected chi connectivity index (χ4v) is 3.96. The highest BCUT2D eigenvalue weighted by molar-refractivity contribution is 6.30. The van der Waals surface area contributed by atoms with E-state index in [0.717, 1.165) is 42.4 Å². The van der Waals surface area contributed by atoms with Gasteiger partial charge in [-0.25, -0.2) is 0 Å². The molecule has 5 heteroatoms. The van der Waals surface area contributed by atoms with Crippen molar-refractivity contribution in [3.8, 4) is 0 Å². The van der Waals surface area contributed by atoms with Gasteiger partial charge in [-0.1, -0.05) is 60.8 Å². The van der Waals surface area contributed by atoms with Crippen LogP contribution in [0.2, 0.25) is 5.02 Å². The van der Waals surface area contributed by atoms with Gasteiger partial charge in [-0.05, 0) is 55.5 Å². The van der Waals surface area contributed by atoms with Crippen molar-refractivity contribution in [3.05, 3.63) is 70.2 Å². The normalized spacial score (nSPS) is 15.1. The number of hydrogen-bond acceptors (Lipinski definition) is 2. The number of rotatable bonds is 7. The summed E-state index contributed by atoms with van der Waals surface area (Å²) in [6.45, 7) is 4.19. The molecule has 29 heavy (non-hydrogen) atoms. The predicted molar refractivity (Wildman–Crippen MR) is 117 cm³/mol. The van der Waals surface area contributed by atoms with E-state index in [1.165, 1.54) is 0 Å². The number of amides is 2. The lowest BCUT2D eigenvalue weighted by atomic mass is 10.0. The molecule has 0 aromatic heterocycles. The molecule has 3 rings (SSSR count). The Balaban J connectivity index is 1.77. The topological polar surface area (TPSA) is 49.4 Å². The van der Waals surface area contributed by atoms with Crippen molar-refractivity contribution in [2.24, 2.45) is 0 Å². The minimum absolute atomic E-state index is 0.0525. The average molecular weight is 413 g/mol. The predicted octanol–water partition coefficient (Wildman–Crippen LogP) is 4.67. The van der Waals surface area contributed by atoms with E-state index < -0.39 is 6.04 Å². The molecule has 0 aliphatic heterocycles. The Morgan fingerprint density at radius 1 is 1.10 bits per heavy atom. The van der Waals surface area contributed by atoms with Gasteiger partial charge in [-0.3, -0.25) is 9.59 Å². The highest BCUT2D eigenvalue weighted by Crippen LogP contribution is 2.19. The van der Waals surface area contributed by atoms with Gasteiger partial charge in [0.15, 0.2) is 0 Å². The number of carbonyl (C=O) groups is 2. The van der Waals surface area contributed by atoms with E-state index in [0.29, 0.717) is 11.6 Å². The summed E-state index contributed by atoms with van der Waals surface area (Å²) in [5.41, 5.74) is 3.02. The smallest absolute Gasteiger partial charge is 0.242 e. The van der Waals surface area contributed by atoms with E-state index in [1.807, 2.05) is 62.4 Å². The van der Waals surface area contributed by atoms with E-state index in [-0.39, 0.29) is 24.3 Å². The van der Waals surface area contributed by atoms with Gasteiger partial charge in [0, 0.05) is 17.6 Å². The molecule has 0 saturated heterocycles.